The van der Waals surface area contributed by atoms with Crippen LogP contribution >= 0.6 is 12.4 Å². The van der Waals surface area contributed by atoms with Gasteiger partial charge in [0.25, 0.3) is 0 Å². The molecule has 0 aliphatic carbocycles. The van der Waals surface area contributed by atoms with Crippen LogP contribution in [-0.2, 0) is 16.4 Å². The molecule has 7 nitrogen and oxygen atoms in total. The van der Waals surface area contributed by atoms with Gasteiger partial charge in [-0.25, -0.2) is 13.6 Å². The first-order valence-electron chi connectivity index (χ1n) is 9.13. The van der Waals surface area contributed by atoms with Gasteiger partial charge in [-0.1, -0.05) is 18.2 Å². The number of methoxy groups -OCH3 is 1. The van der Waals surface area contributed by atoms with E-state index in [2.05, 4.69) is 5.32 Å². The first-order chi connectivity index (χ1) is 13.3. The lowest BCUT2D eigenvalue weighted by Crippen LogP contribution is -2.32. The van der Waals surface area contributed by atoms with Crippen molar-refractivity contribution in [2.24, 2.45) is 5.14 Å². The van der Waals surface area contributed by atoms with Gasteiger partial charge < -0.3 is 19.5 Å². The molecule has 0 heterocycles. The van der Waals surface area contributed by atoms with Gasteiger partial charge >= 0.3 is 0 Å². The third-order valence-electron chi connectivity index (χ3n) is 4.08. The summed E-state index contributed by atoms with van der Waals surface area (Å²) in [6.45, 7) is 5.66. The molecular formula is C20H29ClN2O5S. The highest BCUT2D eigenvalue weighted by atomic mass is 35.5. The number of nitrogens with two attached hydrogens (primary N) is 1. The van der Waals surface area contributed by atoms with Crippen LogP contribution in [0.2, 0.25) is 0 Å². The van der Waals surface area contributed by atoms with Crippen molar-refractivity contribution in [3.8, 4) is 17.2 Å². The van der Waals surface area contributed by atoms with E-state index in [-0.39, 0.29) is 29.1 Å². The summed E-state index contributed by atoms with van der Waals surface area (Å²) in [6, 6.07) is 12.7. The van der Waals surface area contributed by atoms with Crippen molar-refractivity contribution in [2.45, 2.75) is 31.2 Å². The summed E-state index contributed by atoms with van der Waals surface area (Å²) >= 11 is 0. The smallest absolute Gasteiger partial charge is 0.241 e. The second kappa shape index (κ2) is 11.9. The minimum Gasteiger partial charge on any atom is -0.495 e. The zero-order valence-electron chi connectivity index (χ0n) is 16.9. The van der Waals surface area contributed by atoms with Crippen molar-refractivity contribution in [3.63, 3.8) is 0 Å². The summed E-state index contributed by atoms with van der Waals surface area (Å²) in [5.74, 6) is 1.69. The van der Waals surface area contributed by atoms with Crippen LogP contribution in [0.25, 0.3) is 0 Å². The molecule has 0 bridgehead atoms. The fourth-order valence-electron chi connectivity index (χ4n) is 2.81. The fourth-order valence-corrected chi connectivity index (χ4v) is 3.55. The molecule has 3 N–H and O–H groups in total. The third kappa shape index (κ3) is 7.74. The second-order valence-electron chi connectivity index (χ2n) is 6.32. The van der Waals surface area contributed by atoms with Gasteiger partial charge in [0, 0.05) is 12.6 Å². The van der Waals surface area contributed by atoms with Crippen molar-refractivity contribution in [2.75, 3.05) is 26.9 Å². The first-order valence-corrected chi connectivity index (χ1v) is 10.7. The van der Waals surface area contributed by atoms with Gasteiger partial charge in [0.05, 0.1) is 13.7 Å². The van der Waals surface area contributed by atoms with Crippen molar-refractivity contribution in [1.82, 2.24) is 5.32 Å². The lowest BCUT2D eigenvalue weighted by atomic mass is 10.1. The van der Waals surface area contributed by atoms with Crippen LogP contribution in [0.15, 0.2) is 47.4 Å². The van der Waals surface area contributed by atoms with Crippen LogP contribution in [0.5, 0.6) is 17.2 Å². The Balaban J connectivity index is 0.00000420. The minimum absolute atomic E-state index is 0. The average molecular weight is 445 g/mol. The highest BCUT2D eigenvalue weighted by molar-refractivity contribution is 7.89. The van der Waals surface area contributed by atoms with E-state index < -0.39 is 10.0 Å². The molecule has 1 atom stereocenters. The number of benzene rings is 2. The van der Waals surface area contributed by atoms with Crippen LogP contribution in [0.1, 0.15) is 19.4 Å². The molecule has 0 saturated heterocycles. The number of halogens is 1. The van der Waals surface area contributed by atoms with Crippen molar-refractivity contribution >= 4 is 22.4 Å². The number of primary sulfonamides is 1. The van der Waals surface area contributed by atoms with Crippen LogP contribution < -0.4 is 24.7 Å². The Bertz CT molecular complexity index is 877. The molecule has 0 fully saturated rings. The maximum absolute atomic E-state index is 11.7. The Labute approximate surface area is 179 Å². The summed E-state index contributed by atoms with van der Waals surface area (Å²) in [5, 5.41) is 8.63. The molecule has 0 radical (unpaired) electrons. The summed E-state index contributed by atoms with van der Waals surface area (Å²) in [7, 11) is -2.43. The molecule has 162 valence electrons. The summed E-state index contributed by atoms with van der Waals surface area (Å²) in [5.41, 5.74) is 0.854. The first kappa shape index (κ1) is 25.0. The van der Waals surface area contributed by atoms with E-state index in [1.54, 1.807) is 12.1 Å². The standard InChI is InChI=1S/C20H28N2O5S.ClH/c1-4-26-17-7-5-6-8-18(17)27-12-11-22-15(2)13-16-9-10-19(25-3)20(14-16)28(21,23)24;/h5-10,14-15,22H,4,11-13H2,1-3H3,(H2,21,23,24);1H/t15-;/m1./s1. The molecule has 0 aliphatic rings. The van der Waals surface area contributed by atoms with E-state index in [1.165, 1.54) is 7.11 Å². The SMILES string of the molecule is CCOc1ccccc1OCCN[C@H](C)Cc1ccc(OC)c(S(N)(=O)=O)c1.Cl. The van der Waals surface area contributed by atoms with Gasteiger partial charge in [0.15, 0.2) is 11.5 Å². The number of ether oxygens (including phenoxy) is 3. The number of nitrogens with one attached hydrogen (secondary N) is 1. The van der Waals surface area contributed by atoms with E-state index >= 15 is 0 Å². The Morgan fingerprint density at radius 3 is 2.31 bits per heavy atom. The predicted octanol–water partition coefficient (Wildman–Crippen LogP) is 2.76. The molecule has 0 spiro atoms. The largest absolute Gasteiger partial charge is 0.495 e. The normalized spacial score (nSPS) is 12.0. The molecule has 2 rings (SSSR count). The number of rotatable bonds is 11. The average Bonchev–Trinajstić information content (AvgIpc) is 2.66. The molecule has 9 heteroatoms. The number of hydrogen-bond donors (Lipinski definition) is 2. The lowest BCUT2D eigenvalue weighted by molar-refractivity contribution is 0.272. The van der Waals surface area contributed by atoms with Crippen LogP contribution in [0.3, 0.4) is 0 Å². The van der Waals surface area contributed by atoms with Gasteiger partial charge in [-0.3, -0.25) is 0 Å². The number of hydrogen-bond acceptors (Lipinski definition) is 6. The van der Waals surface area contributed by atoms with E-state index in [0.717, 1.165) is 11.3 Å². The van der Waals surface area contributed by atoms with E-state index in [0.29, 0.717) is 31.9 Å². The van der Waals surface area contributed by atoms with Crippen molar-refractivity contribution < 1.29 is 22.6 Å². The molecule has 0 amide bonds. The predicted molar refractivity (Wildman–Crippen MR) is 116 cm³/mol. The van der Waals surface area contributed by atoms with Crippen molar-refractivity contribution in [1.29, 1.82) is 0 Å². The zero-order valence-corrected chi connectivity index (χ0v) is 18.5. The van der Waals surface area contributed by atoms with Crippen molar-refractivity contribution in [3.05, 3.63) is 48.0 Å². The number of sulfonamides is 1. The van der Waals surface area contributed by atoms with Gasteiger partial charge in [0.2, 0.25) is 10.0 Å². The molecule has 29 heavy (non-hydrogen) atoms. The Hall–Kier alpha value is -2.00. The maximum atomic E-state index is 11.7. The molecule has 0 saturated carbocycles. The molecule has 0 aliphatic heterocycles. The quantitative estimate of drug-likeness (QED) is 0.517. The van der Waals surface area contributed by atoms with Gasteiger partial charge in [-0.15, -0.1) is 12.4 Å². The molecule has 2 aromatic rings. The van der Waals surface area contributed by atoms with Crippen LogP contribution in [-0.4, -0.2) is 41.3 Å². The topological polar surface area (TPSA) is 99.9 Å². The minimum atomic E-state index is -3.84. The van der Waals surface area contributed by atoms with Gasteiger partial charge in [-0.05, 0) is 50.1 Å². The van der Waals surface area contributed by atoms with Gasteiger partial charge in [-0.2, -0.15) is 0 Å². The molecule has 2 aromatic carbocycles. The van der Waals surface area contributed by atoms with Gasteiger partial charge in [0.1, 0.15) is 17.3 Å². The third-order valence-corrected chi connectivity index (χ3v) is 5.01. The Morgan fingerprint density at radius 1 is 1.07 bits per heavy atom. The van der Waals surface area contributed by atoms with Crippen LogP contribution in [0, 0.1) is 0 Å². The Kier molecular flexibility index (Phi) is 10.2. The van der Waals surface area contributed by atoms with E-state index in [1.807, 2.05) is 44.2 Å². The fraction of sp³-hybridized carbons (Fsp3) is 0.400. The molecule has 0 aromatic heterocycles. The summed E-state index contributed by atoms with van der Waals surface area (Å²) < 4.78 is 39.9. The monoisotopic (exact) mass is 444 g/mol. The highest BCUT2D eigenvalue weighted by Crippen LogP contribution is 2.26. The zero-order chi connectivity index (χ0) is 20.6. The number of para-hydroxylation sites is 2. The highest BCUT2D eigenvalue weighted by Gasteiger charge is 2.16. The summed E-state index contributed by atoms with van der Waals surface area (Å²) in [6.07, 6.45) is 0.641. The second-order valence-corrected chi connectivity index (χ2v) is 7.85. The van der Waals surface area contributed by atoms with E-state index in [9.17, 15) is 8.42 Å². The maximum Gasteiger partial charge on any atom is 0.241 e. The van der Waals surface area contributed by atoms with Crippen LogP contribution in [0.4, 0.5) is 0 Å². The molecular weight excluding hydrogens is 416 g/mol. The lowest BCUT2D eigenvalue weighted by Gasteiger charge is -2.16. The Morgan fingerprint density at radius 2 is 1.72 bits per heavy atom. The van der Waals surface area contributed by atoms with E-state index in [4.69, 9.17) is 19.3 Å². The summed E-state index contributed by atoms with van der Waals surface area (Å²) in [4.78, 5) is -0.00411. The molecule has 0 unspecified atom stereocenters.